The first-order valence-corrected chi connectivity index (χ1v) is 5.06. The summed E-state index contributed by atoms with van der Waals surface area (Å²) < 4.78 is 0.989. The van der Waals surface area contributed by atoms with Crippen LogP contribution in [0.4, 0.5) is 0 Å². The van der Waals surface area contributed by atoms with Crippen LogP contribution in [-0.4, -0.2) is 23.9 Å². The number of pyridine rings is 1. The highest BCUT2D eigenvalue weighted by atomic mass is 79.9. The maximum atomic E-state index is 4.37. The molecule has 3 nitrogen and oxygen atoms in total. The molecule has 0 saturated heterocycles. The molecule has 0 spiro atoms. The normalized spacial score (nSPS) is 16.2. The third-order valence-corrected chi connectivity index (χ3v) is 2.52. The van der Waals surface area contributed by atoms with E-state index in [0.29, 0.717) is 0 Å². The van der Waals surface area contributed by atoms with Crippen molar-refractivity contribution in [3.05, 3.63) is 28.5 Å². The Bertz CT molecular complexity index is 335. The Kier molecular flexibility index (Phi) is 2.59. The molecule has 0 aliphatic carbocycles. The average Bonchev–Trinajstić information content (AvgIpc) is 2.20. The topological polar surface area (TPSA) is 37.3 Å². The summed E-state index contributed by atoms with van der Waals surface area (Å²) in [5, 5.41) is 3.23. The molecule has 1 aliphatic rings. The minimum Gasteiger partial charge on any atom is -0.368 e. The van der Waals surface area contributed by atoms with Crippen molar-refractivity contribution in [2.75, 3.05) is 13.1 Å². The number of aromatic nitrogens is 1. The summed E-state index contributed by atoms with van der Waals surface area (Å²) in [6.45, 7) is 1.88. The molecule has 1 N–H and O–H groups in total. The zero-order chi connectivity index (χ0) is 9.10. The number of amidine groups is 1. The standard InChI is InChI=1S/C9H10BrN3/c10-7-3-1-4-11-8(7)9-12-5-2-6-13-9/h1,3-4H,2,5-6H2,(H,12,13). The Morgan fingerprint density at radius 3 is 3.08 bits per heavy atom. The van der Waals surface area contributed by atoms with Crippen LogP contribution in [0.15, 0.2) is 27.8 Å². The number of rotatable bonds is 1. The van der Waals surface area contributed by atoms with Gasteiger partial charge in [-0.3, -0.25) is 9.98 Å². The van der Waals surface area contributed by atoms with Crippen molar-refractivity contribution in [1.29, 1.82) is 0 Å². The molecule has 0 atom stereocenters. The van der Waals surface area contributed by atoms with Crippen LogP contribution in [0.3, 0.4) is 0 Å². The van der Waals surface area contributed by atoms with Crippen molar-refractivity contribution in [3.8, 4) is 0 Å². The largest absolute Gasteiger partial charge is 0.368 e. The number of hydrogen-bond acceptors (Lipinski definition) is 3. The Labute approximate surface area is 85.4 Å². The van der Waals surface area contributed by atoms with Crippen molar-refractivity contribution in [1.82, 2.24) is 10.3 Å². The van der Waals surface area contributed by atoms with Gasteiger partial charge in [0.1, 0.15) is 11.5 Å². The summed E-state index contributed by atoms with van der Waals surface area (Å²) in [7, 11) is 0. The summed E-state index contributed by atoms with van der Waals surface area (Å²) in [5.74, 6) is 0.902. The van der Waals surface area contributed by atoms with Crippen LogP contribution in [0.5, 0.6) is 0 Å². The van der Waals surface area contributed by atoms with Crippen LogP contribution < -0.4 is 5.32 Å². The second kappa shape index (κ2) is 3.87. The number of nitrogens with zero attached hydrogens (tertiary/aromatic N) is 2. The highest BCUT2D eigenvalue weighted by Crippen LogP contribution is 2.14. The second-order valence-electron chi connectivity index (χ2n) is 2.84. The predicted octanol–water partition coefficient (Wildman–Crippen LogP) is 1.58. The van der Waals surface area contributed by atoms with Gasteiger partial charge in [0.2, 0.25) is 0 Å². The molecule has 0 aromatic carbocycles. The quantitative estimate of drug-likeness (QED) is 0.809. The lowest BCUT2D eigenvalue weighted by atomic mass is 10.3. The molecule has 0 radical (unpaired) electrons. The summed E-state index contributed by atoms with van der Waals surface area (Å²) in [6.07, 6.45) is 2.88. The molecule has 4 heteroatoms. The lowest BCUT2D eigenvalue weighted by Gasteiger charge is -2.14. The third kappa shape index (κ3) is 1.88. The van der Waals surface area contributed by atoms with Gasteiger partial charge in [0.25, 0.3) is 0 Å². The Hall–Kier alpha value is -0.900. The van der Waals surface area contributed by atoms with Gasteiger partial charge in [-0.1, -0.05) is 0 Å². The monoisotopic (exact) mass is 239 g/mol. The fourth-order valence-electron chi connectivity index (χ4n) is 1.25. The van der Waals surface area contributed by atoms with Crippen LogP contribution in [-0.2, 0) is 0 Å². The Morgan fingerprint density at radius 1 is 1.46 bits per heavy atom. The first-order valence-electron chi connectivity index (χ1n) is 4.27. The summed E-state index contributed by atoms with van der Waals surface area (Å²) in [6, 6.07) is 3.87. The molecule has 2 rings (SSSR count). The van der Waals surface area contributed by atoms with Gasteiger partial charge in [-0.25, -0.2) is 0 Å². The molecule has 0 fully saturated rings. The molecule has 68 valence electrons. The summed E-state index contributed by atoms with van der Waals surface area (Å²) >= 11 is 3.45. The molecule has 2 heterocycles. The van der Waals surface area contributed by atoms with E-state index in [2.05, 4.69) is 31.2 Å². The summed E-state index contributed by atoms with van der Waals surface area (Å²) in [5.41, 5.74) is 0.905. The van der Waals surface area contributed by atoms with Gasteiger partial charge in [-0.05, 0) is 34.5 Å². The minimum absolute atomic E-state index is 0.894. The van der Waals surface area contributed by atoms with Gasteiger partial charge >= 0.3 is 0 Å². The zero-order valence-corrected chi connectivity index (χ0v) is 8.71. The lowest BCUT2D eigenvalue weighted by molar-refractivity contribution is 0.740. The van der Waals surface area contributed by atoms with Crippen molar-refractivity contribution < 1.29 is 0 Å². The van der Waals surface area contributed by atoms with Gasteiger partial charge in [0.05, 0.1) is 0 Å². The highest BCUT2D eigenvalue weighted by molar-refractivity contribution is 9.10. The third-order valence-electron chi connectivity index (χ3n) is 1.88. The fourth-order valence-corrected chi connectivity index (χ4v) is 1.69. The van der Waals surface area contributed by atoms with Crippen LogP contribution in [0, 0.1) is 0 Å². The molecular weight excluding hydrogens is 230 g/mol. The van der Waals surface area contributed by atoms with E-state index in [1.807, 2.05) is 12.1 Å². The Balaban J connectivity index is 2.34. The van der Waals surface area contributed by atoms with Crippen LogP contribution in [0.1, 0.15) is 12.1 Å². The lowest BCUT2D eigenvalue weighted by Crippen LogP contribution is -2.31. The van der Waals surface area contributed by atoms with E-state index in [4.69, 9.17) is 0 Å². The van der Waals surface area contributed by atoms with E-state index in [1.165, 1.54) is 0 Å². The van der Waals surface area contributed by atoms with Gasteiger partial charge in [0, 0.05) is 23.8 Å². The van der Waals surface area contributed by atoms with E-state index in [-0.39, 0.29) is 0 Å². The van der Waals surface area contributed by atoms with E-state index >= 15 is 0 Å². The smallest absolute Gasteiger partial charge is 0.148 e. The number of aliphatic imine (C=N–C) groups is 1. The van der Waals surface area contributed by atoms with E-state index in [0.717, 1.165) is 35.5 Å². The summed E-state index contributed by atoms with van der Waals surface area (Å²) in [4.78, 5) is 8.64. The van der Waals surface area contributed by atoms with Gasteiger partial charge in [-0.2, -0.15) is 0 Å². The molecule has 1 aromatic rings. The molecule has 1 aromatic heterocycles. The predicted molar refractivity (Wildman–Crippen MR) is 56.0 cm³/mol. The van der Waals surface area contributed by atoms with Crippen LogP contribution in [0.2, 0.25) is 0 Å². The average molecular weight is 240 g/mol. The van der Waals surface area contributed by atoms with Crippen molar-refractivity contribution in [3.63, 3.8) is 0 Å². The first kappa shape index (κ1) is 8.69. The fraction of sp³-hybridized carbons (Fsp3) is 0.333. The maximum Gasteiger partial charge on any atom is 0.148 e. The molecule has 0 saturated carbocycles. The van der Waals surface area contributed by atoms with Gasteiger partial charge in [-0.15, -0.1) is 0 Å². The van der Waals surface area contributed by atoms with E-state index in [9.17, 15) is 0 Å². The minimum atomic E-state index is 0.894. The van der Waals surface area contributed by atoms with Gasteiger partial charge < -0.3 is 5.32 Å². The first-order chi connectivity index (χ1) is 6.38. The molecule has 0 bridgehead atoms. The van der Waals surface area contributed by atoms with Crippen molar-refractivity contribution >= 4 is 21.8 Å². The maximum absolute atomic E-state index is 4.37. The second-order valence-corrected chi connectivity index (χ2v) is 3.70. The number of hydrogen-bond donors (Lipinski definition) is 1. The number of nitrogens with one attached hydrogen (secondary N) is 1. The van der Waals surface area contributed by atoms with E-state index in [1.54, 1.807) is 6.20 Å². The van der Waals surface area contributed by atoms with Crippen LogP contribution >= 0.6 is 15.9 Å². The zero-order valence-electron chi connectivity index (χ0n) is 7.13. The highest BCUT2D eigenvalue weighted by Gasteiger charge is 2.10. The van der Waals surface area contributed by atoms with E-state index < -0.39 is 0 Å². The molecular formula is C9H10BrN3. The molecule has 1 aliphatic heterocycles. The molecule has 0 unspecified atom stereocenters. The Morgan fingerprint density at radius 2 is 2.38 bits per heavy atom. The van der Waals surface area contributed by atoms with Crippen molar-refractivity contribution in [2.24, 2.45) is 4.99 Å². The SMILES string of the molecule is Brc1cccnc1C1=NCCCN1. The number of halogens is 1. The molecule has 0 amide bonds. The van der Waals surface area contributed by atoms with Gasteiger partial charge in [0.15, 0.2) is 0 Å². The van der Waals surface area contributed by atoms with Crippen molar-refractivity contribution in [2.45, 2.75) is 6.42 Å². The van der Waals surface area contributed by atoms with Crippen LogP contribution in [0.25, 0.3) is 0 Å². The molecule has 13 heavy (non-hydrogen) atoms.